The van der Waals surface area contributed by atoms with Gasteiger partial charge >= 0.3 is 0 Å². The van der Waals surface area contributed by atoms with E-state index in [2.05, 4.69) is 10.3 Å². The number of aryl methyl sites for hydroxylation is 1. The zero-order chi connectivity index (χ0) is 10.3. The number of aromatic nitrogens is 2. The molecule has 14 heavy (non-hydrogen) atoms. The molecule has 2 rings (SSSR count). The van der Waals surface area contributed by atoms with Crippen molar-refractivity contribution in [2.24, 2.45) is 0 Å². The molecular weight excluding hydrogens is 182 g/mol. The van der Waals surface area contributed by atoms with E-state index < -0.39 is 0 Å². The van der Waals surface area contributed by atoms with Crippen LogP contribution in [0.4, 0.5) is 0 Å². The smallest absolute Gasteiger partial charge is 0.276 e. The lowest BCUT2D eigenvalue weighted by atomic mass is 10.2. The highest BCUT2D eigenvalue weighted by Crippen LogP contribution is 2.08. The molecule has 0 saturated carbocycles. The summed E-state index contributed by atoms with van der Waals surface area (Å²) in [5, 5.41) is 2.71. The first kappa shape index (κ1) is 8.93. The number of carbonyl (C=O) groups excluding carboxylic acids is 1. The number of carbonyl (C=O) groups is 1. The fraction of sp³-hybridized carbons (Fsp3) is 0.444. The zero-order valence-corrected chi connectivity index (χ0v) is 8.13. The van der Waals surface area contributed by atoms with Crippen LogP contribution < -0.4 is 10.9 Å². The highest BCUT2D eigenvalue weighted by molar-refractivity contribution is 5.94. The van der Waals surface area contributed by atoms with Crippen molar-refractivity contribution < 1.29 is 4.79 Å². The van der Waals surface area contributed by atoms with E-state index in [-0.39, 0.29) is 11.5 Å². The van der Waals surface area contributed by atoms with Gasteiger partial charge in [0.05, 0.1) is 0 Å². The Balaban J connectivity index is 2.80. The SMILES string of the molecule is Cc1c2n(c(C)nc1=O)CCNC2=O. The minimum atomic E-state index is -0.314. The van der Waals surface area contributed by atoms with Crippen LogP contribution in [0, 0.1) is 13.8 Å². The van der Waals surface area contributed by atoms with Gasteiger partial charge in [-0.2, -0.15) is 4.98 Å². The lowest BCUT2D eigenvalue weighted by molar-refractivity contribution is 0.0924. The predicted octanol–water partition coefficient (Wildman–Crippen LogP) is -0.396. The standard InChI is InChI=1S/C9H11N3O2/c1-5-7-9(14)10-3-4-12(7)6(2)11-8(5)13/h3-4H2,1-2H3,(H,10,14). The van der Waals surface area contributed by atoms with Gasteiger partial charge in [0.15, 0.2) is 0 Å². The van der Waals surface area contributed by atoms with Crippen LogP contribution in [0.15, 0.2) is 4.79 Å². The van der Waals surface area contributed by atoms with Crippen LogP contribution in [0.2, 0.25) is 0 Å². The van der Waals surface area contributed by atoms with Gasteiger partial charge < -0.3 is 9.88 Å². The van der Waals surface area contributed by atoms with Crippen molar-refractivity contribution in [1.82, 2.24) is 14.9 Å². The van der Waals surface area contributed by atoms with Gasteiger partial charge in [0, 0.05) is 18.7 Å². The van der Waals surface area contributed by atoms with E-state index in [0.717, 1.165) is 0 Å². The summed E-state index contributed by atoms with van der Waals surface area (Å²) >= 11 is 0. The van der Waals surface area contributed by atoms with Crippen LogP contribution in [-0.4, -0.2) is 22.0 Å². The molecule has 0 radical (unpaired) electrons. The van der Waals surface area contributed by atoms with Gasteiger partial charge in [0.1, 0.15) is 11.5 Å². The van der Waals surface area contributed by atoms with Gasteiger partial charge in [-0.05, 0) is 13.8 Å². The van der Waals surface area contributed by atoms with E-state index in [0.29, 0.717) is 30.2 Å². The van der Waals surface area contributed by atoms with Crippen molar-refractivity contribution in [3.05, 3.63) is 27.4 Å². The van der Waals surface area contributed by atoms with E-state index >= 15 is 0 Å². The summed E-state index contributed by atoms with van der Waals surface area (Å²) in [7, 11) is 0. The largest absolute Gasteiger partial charge is 0.349 e. The Morgan fingerprint density at radius 2 is 2.07 bits per heavy atom. The Morgan fingerprint density at radius 3 is 2.79 bits per heavy atom. The molecule has 0 spiro atoms. The van der Waals surface area contributed by atoms with E-state index in [1.807, 2.05) is 0 Å². The molecule has 1 aliphatic rings. The molecule has 1 aliphatic heterocycles. The summed E-state index contributed by atoms with van der Waals surface area (Å²) in [6.45, 7) is 4.64. The molecule has 1 amide bonds. The van der Waals surface area contributed by atoms with Crippen LogP contribution in [0.3, 0.4) is 0 Å². The molecule has 2 heterocycles. The van der Waals surface area contributed by atoms with E-state index in [1.54, 1.807) is 18.4 Å². The van der Waals surface area contributed by atoms with E-state index in [4.69, 9.17) is 0 Å². The first-order valence-electron chi connectivity index (χ1n) is 4.47. The van der Waals surface area contributed by atoms with Crippen LogP contribution in [0.5, 0.6) is 0 Å². The Labute approximate surface area is 80.8 Å². The predicted molar refractivity (Wildman–Crippen MR) is 50.3 cm³/mol. The van der Waals surface area contributed by atoms with Crippen LogP contribution in [-0.2, 0) is 6.54 Å². The molecule has 1 aromatic rings. The van der Waals surface area contributed by atoms with Gasteiger partial charge in [-0.25, -0.2) is 0 Å². The molecule has 5 nitrogen and oxygen atoms in total. The fourth-order valence-electron chi connectivity index (χ4n) is 1.69. The monoisotopic (exact) mass is 193 g/mol. The van der Waals surface area contributed by atoms with Crippen LogP contribution in [0.25, 0.3) is 0 Å². The molecular formula is C9H11N3O2. The van der Waals surface area contributed by atoms with Gasteiger partial charge in [-0.15, -0.1) is 0 Å². The Hall–Kier alpha value is -1.65. The quantitative estimate of drug-likeness (QED) is 0.610. The summed E-state index contributed by atoms with van der Waals surface area (Å²) in [6, 6.07) is 0. The van der Waals surface area contributed by atoms with Crippen molar-refractivity contribution in [1.29, 1.82) is 0 Å². The highest BCUT2D eigenvalue weighted by atomic mass is 16.2. The van der Waals surface area contributed by atoms with Crippen molar-refractivity contribution in [2.45, 2.75) is 20.4 Å². The summed E-state index contributed by atoms with van der Waals surface area (Å²) in [4.78, 5) is 26.7. The number of hydrogen-bond acceptors (Lipinski definition) is 3. The van der Waals surface area contributed by atoms with E-state index in [9.17, 15) is 9.59 Å². The molecule has 1 aromatic heterocycles. The second kappa shape index (κ2) is 2.94. The van der Waals surface area contributed by atoms with Gasteiger partial charge in [0.25, 0.3) is 11.5 Å². The molecule has 0 saturated heterocycles. The molecule has 0 aliphatic carbocycles. The minimum absolute atomic E-state index is 0.184. The third-order valence-corrected chi connectivity index (χ3v) is 2.44. The van der Waals surface area contributed by atoms with E-state index in [1.165, 1.54) is 0 Å². The summed E-state index contributed by atoms with van der Waals surface area (Å²) in [6.07, 6.45) is 0. The third-order valence-electron chi connectivity index (χ3n) is 2.44. The number of nitrogens with one attached hydrogen (secondary N) is 1. The van der Waals surface area contributed by atoms with Crippen LogP contribution in [0.1, 0.15) is 21.9 Å². The zero-order valence-electron chi connectivity index (χ0n) is 8.13. The normalized spacial score (nSPS) is 14.9. The number of fused-ring (bicyclic) bond motifs is 1. The first-order chi connectivity index (χ1) is 6.61. The molecule has 5 heteroatoms. The highest BCUT2D eigenvalue weighted by Gasteiger charge is 2.21. The Morgan fingerprint density at radius 1 is 1.36 bits per heavy atom. The van der Waals surface area contributed by atoms with Gasteiger partial charge in [0.2, 0.25) is 0 Å². The Bertz CT molecular complexity index is 462. The fourth-order valence-corrected chi connectivity index (χ4v) is 1.69. The lowest BCUT2D eigenvalue weighted by Gasteiger charge is -2.21. The maximum Gasteiger partial charge on any atom is 0.276 e. The van der Waals surface area contributed by atoms with Crippen LogP contribution >= 0.6 is 0 Å². The van der Waals surface area contributed by atoms with Gasteiger partial charge in [-0.3, -0.25) is 9.59 Å². The number of rotatable bonds is 0. The number of amides is 1. The summed E-state index contributed by atoms with van der Waals surface area (Å²) < 4.78 is 1.79. The molecule has 74 valence electrons. The molecule has 0 bridgehead atoms. The molecule has 1 N–H and O–H groups in total. The average molecular weight is 193 g/mol. The molecule has 0 atom stereocenters. The van der Waals surface area contributed by atoms with Crippen molar-refractivity contribution in [2.75, 3.05) is 6.54 Å². The average Bonchev–Trinajstić information content (AvgIpc) is 2.14. The molecule has 0 aromatic carbocycles. The summed E-state index contributed by atoms with van der Waals surface area (Å²) in [5.41, 5.74) is 0.562. The first-order valence-corrected chi connectivity index (χ1v) is 4.47. The van der Waals surface area contributed by atoms with Crippen molar-refractivity contribution in [3.8, 4) is 0 Å². The second-order valence-electron chi connectivity index (χ2n) is 3.35. The Kier molecular flexibility index (Phi) is 1.87. The lowest BCUT2D eigenvalue weighted by Crippen LogP contribution is -2.40. The molecule has 0 fully saturated rings. The third kappa shape index (κ3) is 1.13. The maximum atomic E-state index is 11.5. The summed E-state index contributed by atoms with van der Waals surface area (Å²) in [5.74, 6) is 0.418. The number of hydrogen-bond donors (Lipinski definition) is 1. The minimum Gasteiger partial charge on any atom is -0.349 e. The van der Waals surface area contributed by atoms with Crippen molar-refractivity contribution >= 4 is 5.91 Å². The number of nitrogens with zero attached hydrogens (tertiary/aromatic N) is 2. The van der Waals surface area contributed by atoms with Crippen molar-refractivity contribution in [3.63, 3.8) is 0 Å². The topological polar surface area (TPSA) is 64.0 Å². The van der Waals surface area contributed by atoms with Gasteiger partial charge in [-0.1, -0.05) is 0 Å². The second-order valence-corrected chi connectivity index (χ2v) is 3.35. The maximum absolute atomic E-state index is 11.5. The molecule has 0 unspecified atom stereocenters.